The molecule has 25 heavy (non-hydrogen) atoms. The molecular formula is C20H14FNO3. The van der Waals surface area contributed by atoms with Gasteiger partial charge in [0.25, 0.3) is 0 Å². The zero-order valence-corrected chi connectivity index (χ0v) is 13.1. The Bertz CT molecular complexity index is 866. The first-order valence-corrected chi connectivity index (χ1v) is 7.57. The number of ether oxygens (including phenoxy) is 1. The number of aldehydes is 1. The van der Waals surface area contributed by atoms with Crippen molar-refractivity contribution in [3.05, 3.63) is 102 Å². The maximum atomic E-state index is 13.3. The van der Waals surface area contributed by atoms with Crippen LogP contribution in [0, 0.1) is 5.82 Å². The zero-order valence-electron chi connectivity index (χ0n) is 13.1. The van der Waals surface area contributed by atoms with Crippen LogP contribution in [0.5, 0.6) is 0 Å². The van der Waals surface area contributed by atoms with E-state index >= 15 is 0 Å². The second-order valence-corrected chi connectivity index (χ2v) is 5.35. The topological polar surface area (TPSA) is 56.3 Å². The molecular weight excluding hydrogens is 321 g/mol. The number of rotatable bonds is 5. The fraction of sp³-hybridized carbons (Fsp3) is 0.0500. The van der Waals surface area contributed by atoms with Gasteiger partial charge in [0.05, 0.1) is 5.56 Å². The normalized spacial score (nSPS) is 12.8. The highest BCUT2D eigenvalue weighted by molar-refractivity contribution is 5.92. The van der Waals surface area contributed by atoms with Crippen LogP contribution >= 0.6 is 0 Å². The maximum Gasteiger partial charge on any atom is 0.339 e. The molecule has 5 heteroatoms. The van der Waals surface area contributed by atoms with Crippen molar-refractivity contribution in [1.29, 1.82) is 0 Å². The quantitative estimate of drug-likeness (QED) is 0.529. The molecule has 3 rings (SSSR count). The lowest BCUT2D eigenvalue weighted by Crippen LogP contribution is -2.35. The summed E-state index contributed by atoms with van der Waals surface area (Å²) < 4.78 is 18.9. The zero-order chi connectivity index (χ0) is 17.7. The van der Waals surface area contributed by atoms with Crippen LogP contribution in [-0.4, -0.2) is 17.2 Å². The third-order valence-corrected chi connectivity index (χ3v) is 3.81. The first kappa shape index (κ1) is 16.5. The van der Waals surface area contributed by atoms with Crippen molar-refractivity contribution in [2.24, 2.45) is 0 Å². The number of nitrogens with zero attached hydrogens (tertiary/aromatic N) is 1. The molecule has 0 saturated carbocycles. The second-order valence-electron chi connectivity index (χ2n) is 5.35. The minimum atomic E-state index is -1.69. The molecule has 0 radical (unpaired) electrons. The van der Waals surface area contributed by atoms with Gasteiger partial charge < -0.3 is 4.74 Å². The van der Waals surface area contributed by atoms with Gasteiger partial charge in [0.15, 0.2) is 6.29 Å². The molecule has 0 spiro atoms. The van der Waals surface area contributed by atoms with Gasteiger partial charge in [0.2, 0.25) is 5.60 Å². The number of hydrogen-bond donors (Lipinski definition) is 0. The van der Waals surface area contributed by atoms with E-state index in [1.165, 1.54) is 36.7 Å². The molecule has 0 saturated heterocycles. The minimum absolute atomic E-state index is 0.310. The number of benzene rings is 2. The van der Waals surface area contributed by atoms with Crippen LogP contribution in [0.2, 0.25) is 0 Å². The van der Waals surface area contributed by atoms with Crippen molar-refractivity contribution >= 4 is 12.3 Å². The molecule has 0 aliphatic heterocycles. The average Bonchev–Trinajstić information content (AvgIpc) is 2.68. The Hall–Kier alpha value is -3.34. The molecule has 0 aliphatic rings. The summed E-state index contributed by atoms with van der Waals surface area (Å²) in [7, 11) is 0. The average molecular weight is 335 g/mol. The molecule has 1 atom stereocenters. The van der Waals surface area contributed by atoms with Crippen LogP contribution in [0.15, 0.2) is 79.1 Å². The number of esters is 1. The van der Waals surface area contributed by atoms with Crippen LogP contribution < -0.4 is 0 Å². The highest BCUT2D eigenvalue weighted by Gasteiger charge is 2.39. The molecule has 1 heterocycles. The molecule has 0 N–H and O–H groups in total. The van der Waals surface area contributed by atoms with E-state index in [1.807, 2.05) is 0 Å². The van der Waals surface area contributed by atoms with Crippen molar-refractivity contribution in [1.82, 2.24) is 4.98 Å². The molecule has 1 aromatic heterocycles. The standard InChI is InChI=1S/C20H14FNO3/c21-18-8-6-16(7-9-18)20(14-23,17-10-12-22-13-11-17)25-19(24)15-4-2-1-3-5-15/h1-14H. The largest absolute Gasteiger partial charge is 0.438 e. The molecule has 0 fully saturated rings. The van der Waals surface area contributed by atoms with Gasteiger partial charge in [0.1, 0.15) is 5.82 Å². The first-order chi connectivity index (χ1) is 12.2. The third kappa shape index (κ3) is 3.30. The van der Waals surface area contributed by atoms with Gasteiger partial charge in [-0.15, -0.1) is 0 Å². The molecule has 0 bridgehead atoms. The van der Waals surface area contributed by atoms with Crippen molar-refractivity contribution in [2.75, 3.05) is 0 Å². The Labute approximate surface area is 143 Å². The predicted molar refractivity (Wildman–Crippen MR) is 89.3 cm³/mol. The summed E-state index contributed by atoms with van der Waals surface area (Å²) in [6.45, 7) is 0. The molecule has 1 unspecified atom stereocenters. The van der Waals surface area contributed by atoms with Crippen molar-refractivity contribution < 1.29 is 18.7 Å². The lowest BCUT2D eigenvalue weighted by molar-refractivity contribution is -0.122. The number of carbonyl (C=O) groups is 2. The lowest BCUT2D eigenvalue weighted by atomic mass is 9.87. The van der Waals surface area contributed by atoms with Gasteiger partial charge in [-0.05, 0) is 36.4 Å². The SMILES string of the molecule is O=CC(OC(=O)c1ccccc1)(c1ccncc1)c1ccc(F)cc1. The van der Waals surface area contributed by atoms with E-state index in [0.29, 0.717) is 23.0 Å². The number of halogens is 1. The van der Waals surface area contributed by atoms with E-state index in [0.717, 1.165) is 0 Å². The first-order valence-electron chi connectivity index (χ1n) is 7.57. The second kappa shape index (κ2) is 7.05. The molecule has 4 nitrogen and oxygen atoms in total. The van der Waals surface area contributed by atoms with Gasteiger partial charge in [-0.2, -0.15) is 0 Å². The summed E-state index contributed by atoms with van der Waals surface area (Å²) in [5, 5.41) is 0. The minimum Gasteiger partial charge on any atom is -0.438 e. The monoisotopic (exact) mass is 335 g/mol. The number of aromatic nitrogens is 1. The van der Waals surface area contributed by atoms with E-state index in [2.05, 4.69) is 4.98 Å². The van der Waals surface area contributed by atoms with E-state index in [-0.39, 0.29) is 0 Å². The van der Waals surface area contributed by atoms with E-state index in [1.54, 1.807) is 42.5 Å². The highest BCUT2D eigenvalue weighted by Crippen LogP contribution is 2.32. The Morgan fingerprint density at radius 2 is 1.52 bits per heavy atom. The Balaban J connectivity index is 2.10. The van der Waals surface area contributed by atoms with Gasteiger partial charge in [0, 0.05) is 23.5 Å². The third-order valence-electron chi connectivity index (χ3n) is 3.81. The summed E-state index contributed by atoms with van der Waals surface area (Å²) in [5.74, 6) is -1.11. The maximum absolute atomic E-state index is 13.3. The van der Waals surface area contributed by atoms with Crippen LogP contribution in [0.3, 0.4) is 0 Å². The van der Waals surface area contributed by atoms with Gasteiger partial charge in [-0.3, -0.25) is 9.78 Å². The van der Waals surface area contributed by atoms with Crippen LogP contribution in [0.25, 0.3) is 0 Å². The van der Waals surface area contributed by atoms with Crippen LogP contribution in [0.4, 0.5) is 4.39 Å². The van der Waals surface area contributed by atoms with Gasteiger partial charge >= 0.3 is 5.97 Å². The van der Waals surface area contributed by atoms with Crippen LogP contribution in [0.1, 0.15) is 21.5 Å². The Kier molecular flexibility index (Phi) is 4.66. The van der Waals surface area contributed by atoms with Gasteiger partial charge in [-0.25, -0.2) is 9.18 Å². The van der Waals surface area contributed by atoms with Crippen molar-refractivity contribution in [3.8, 4) is 0 Å². The fourth-order valence-corrected chi connectivity index (χ4v) is 2.52. The van der Waals surface area contributed by atoms with Gasteiger partial charge in [-0.1, -0.05) is 30.3 Å². The number of carbonyl (C=O) groups excluding carboxylic acids is 2. The summed E-state index contributed by atoms with van der Waals surface area (Å²) in [6, 6.07) is 16.8. The van der Waals surface area contributed by atoms with E-state index in [4.69, 9.17) is 4.74 Å². The molecule has 0 aliphatic carbocycles. The summed E-state index contributed by atoms with van der Waals surface area (Å²) in [4.78, 5) is 28.6. The van der Waals surface area contributed by atoms with E-state index in [9.17, 15) is 14.0 Å². The number of hydrogen-bond acceptors (Lipinski definition) is 4. The summed E-state index contributed by atoms with van der Waals surface area (Å²) in [5.41, 5.74) is -0.610. The van der Waals surface area contributed by atoms with Crippen molar-refractivity contribution in [3.63, 3.8) is 0 Å². The van der Waals surface area contributed by atoms with Crippen molar-refractivity contribution in [2.45, 2.75) is 5.60 Å². The molecule has 124 valence electrons. The molecule has 0 amide bonds. The smallest absolute Gasteiger partial charge is 0.339 e. The lowest BCUT2D eigenvalue weighted by Gasteiger charge is -2.29. The Morgan fingerprint density at radius 3 is 2.12 bits per heavy atom. The van der Waals surface area contributed by atoms with Crippen LogP contribution in [-0.2, 0) is 15.1 Å². The fourth-order valence-electron chi connectivity index (χ4n) is 2.52. The molecule has 3 aromatic rings. The summed E-state index contributed by atoms with van der Waals surface area (Å²) >= 11 is 0. The number of pyridine rings is 1. The summed E-state index contributed by atoms with van der Waals surface area (Å²) in [6.07, 6.45) is 3.53. The van der Waals surface area contributed by atoms with E-state index < -0.39 is 17.4 Å². The highest BCUT2D eigenvalue weighted by atomic mass is 19.1. The Morgan fingerprint density at radius 1 is 0.920 bits per heavy atom. The predicted octanol–water partition coefficient (Wildman–Crippen LogP) is 3.52. The molecule has 2 aromatic carbocycles.